The minimum atomic E-state index is 0.870. The fourth-order valence-electron chi connectivity index (χ4n) is 2.25. The van der Waals surface area contributed by atoms with Crippen LogP contribution in [0.4, 0.5) is 0 Å². The number of nitrogens with zero attached hydrogens (tertiary/aromatic N) is 3. The van der Waals surface area contributed by atoms with Gasteiger partial charge in [0.25, 0.3) is 0 Å². The normalized spacial score (nSPS) is 15.7. The van der Waals surface area contributed by atoms with Crippen LogP contribution < -0.4 is 0 Å². The van der Waals surface area contributed by atoms with Crippen LogP contribution in [-0.4, -0.2) is 21.4 Å². The molecule has 0 fully saturated rings. The number of hydrogen-bond acceptors (Lipinski definition) is 4. The lowest BCUT2D eigenvalue weighted by Crippen LogP contribution is -2.30. The van der Waals surface area contributed by atoms with E-state index in [1.807, 2.05) is 24.5 Å². The standard InChI is InChI=1S/C13H14BrN3S/c1-9-15-6-10-4-5-17(8-12(10)16-9)7-11-2-3-13(14)18-11/h2-3,6H,4-5,7-8H2,1H3. The summed E-state index contributed by atoms with van der Waals surface area (Å²) >= 11 is 5.32. The van der Waals surface area contributed by atoms with Crippen molar-refractivity contribution in [3.8, 4) is 0 Å². The summed E-state index contributed by atoms with van der Waals surface area (Å²) in [5.74, 6) is 0.870. The number of aromatic nitrogens is 2. The first-order chi connectivity index (χ1) is 8.70. The third-order valence-electron chi connectivity index (χ3n) is 3.15. The van der Waals surface area contributed by atoms with E-state index in [2.05, 4.69) is 42.9 Å². The van der Waals surface area contributed by atoms with E-state index in [1.54, 1.807) is 0 Å². The lowest BCUT2D eigenvalue weighted by atomic mass is 10.1. The summed E-state index contributed by atoms with van der Waals surface area (Å²) in [7, 11) is 0. The molecule has 94 valence electrons. The third-order valence-corrected chi connectivity index (χ3v) is 4.76. The molecule has 0 N–H and O–H groups in total. The average molecular weight is 324 g/mol. The quantitative estimate of drug-likeness (QED) is 0.850. The van der Waals surface area contributed by atoms with E-state index in [0.29, 0.717) is 0 Å². The zero-order chi connectivity index (χ0) is 12.5. The van der Waals surface area contributed by atoms with E-state index in [9.17, 15) is 0 Å². The first-order valence-corrected chi connectivity index (χ1v) is 7.59. The van der Waals surface area contributed by atoms with Crippen molar-refractivity contribution in [2.45, 2.75) is 26.4 Å². The highest BCUT2D eigenvalue weighted by Gasteiger charge is 2.18. The van der Waals surface area contributed by atoms with E-state index >= 15 is 0 Å². The molecule has 1 aliphatic heterocycles. The molecule has 1 aliphatic rings. The number of thiophene rings is 1. The van der Waals surface area contributed by atoms with Crippen LogP contribution in [-0.2, 0) is 19.5 Å². The molecule has 2 aromatic heterocycles. The van der Waals surface area contributed by atoms with Gasteiger partial charge in [-0.3, -0.25) is 4.90 Å². The van der Waals surface area contributed by atoms with Crippen molar-refractivity contribution in [2.75, 3.05) is 6.54 Å². The van der Waals surface area contributed by atoms with Gasteiger partial charge in [0.15, 0.2) is 0 Å². The third kappa shape index (κ3) is 2.63. The maximum absolute atomic E-state index is 4.55. The van der Waals surface area contributed by atoms with Crippen LogP contribution in [0.2, 0.25) is 0 Å². The number of halogens is 1. The highest BCUT2D eigenvalue weighted by Crippen LogP contribution is 2.25. The van der Waals surface area contributed by atoms with Gasteiger partial charge in [-0.05, 0) is 47.0 Å². The molecule has 0 atom stereocenters. The van der Waals surface area contributed by atoms with Crippen molar-refractivity contribution in [1.82, 2.24) is 14.9 Å². The van der Waals surface area contributed by atoms with Crippen LogP contribution in [0.3, 0.4) is 0 Å². The molecule has 0 saturated carbocycles. The van der Waals surface area contributed by atoms with Crippen molar-refractivity contribution < 1.29 is 0 Å². The lowest BCUT2D eigenvalue weighted by molar-refractivity contribution is 0.243. The predicted octanol–water partition coefficient (Wildman–Crippen LogP) is 3.17. The molecular weight excluding hydrogens is 310 g/mol. The Bertz CT molecular complexity index is 567. The Morgan fingerprint density at radius 2 is 2.33 bits per heavy atom. The fourth-order valence-corrected chi connectivity index (χ4v) is 3.77. The van der Waals surface area contributed by atoms with Crippen LogP contribution in [0.1, 0.15) is 22.0 Å². The van der Waals surface area contributed by atoms with Crippen LogP contribution in [0.25, 0.3) is 0 Å². The zero-order valence-electron chi connectivity index (χ0n) is 10.2. The molecule has 0 radical (unpaired) electrons. The number of aryl methyl sites for hydroxylation is 1. The summed E-state index contributed by atoms with van der Waals surface area (Å²) in [4.78, 5) is 12.7. The Labute approximate surface area is 119 Å². The molecular formula is C13H14BrN3S. The molecule has 3 rings (SSSR count). The summed E-state index contributed by atoms with van der Waals surface area (Å²) < 4.78 is 1.20. The molecule has 3 heterocycles. The molecule has 0 aliphatic carbocycles. The van der Waals surface area contributed by atoms with Crippen molar-refractivity contribution in [1.29, 1.82) is 0 Å². The number of rotatable bonds is 2. The Morgan fingerprint density at radius 3 is 3.11 bits per heavy atom. The molecule has 0 spiro atoms. The van der Waals surface area contributed by atoms with Gasteiger partial charge in [-0.2, -0.15) is 0 Å². The molecule has 0 amide bonds. The maximum atomic E-state index is 4.55. The fraction of sp³-hybridized carbons (Fsp3) is 0.385. The molecule has 3 nitrogen and oxygen atoms in total. The molecule has 0 aromatic carbocycles. The second-order valence-electron chi connectivity index (χ2n) is 4.56. The Kier molecular flexibility index (Phi) is 3.46. The van der Waals surface area contributed by atoms with Gasteiger partial charge in [-0.1, -0.05) is 0 Å². The molecule has 0 saturated heterocycles. The van der Waals surface area contributed by atoms with Crippen LogP contribution >= 0.6 is 27.3 Å². The van der Waals surface area contributed by atoms with Crippen LogP contribution in [0.5, 0.6) is 0 Å². The zero-order valence-corrected chi connectivity index (χ0v) is 12.6. The van der Waals surface area contributed by atoms with E-state index in [0.717, 1.165) is 31.9 Å². The van der Waals surface area contributed by atoms with Crippen LogP contribution in [0, 0.1) is 6.92 Å². The van der Waals surface area contributed by atoms with Gasteiger partial charge >= 0.3 is 0 Å². The minimum absolute atomic E-state index is 0.870. The van der Waals surface area contributed by atoms with E-state index in [1.165, 1.54) is 19.9 Å². The Balaban J connectivity index is 1.74. The molecule has 2 aromatic rings. The average Bonchev–Trinajstić information content (AvgIpc) is 2.74. The van der Waals surface area contributed by atoms with Gasteiger partial charge in [-0.25, -0.2) is 9.97 Å². The van der Waals surface area contributed by atoms with Gasteiger partial charge in [0.1, 0.15) is 5.82 Å². The highest BCUT2D eigenvalue weighted by atomic mass is 79.9. The van der Waals surface area contributed by atoms with Crippen molar-refractivity contribution in [3.63, 3.8) is 0 Å². The Hall–Kier alpha value is -0.780. The van der Waals surface area contributed by atoms with E-state index < -0.39 is 0 Å². The first-order valence-electron chi connectivity index (χ1n) is 5.98. The summed E-state index contributed by atoms with van der Waals surface area (Å²) in [6.45, 7) is 5.00. The maximum Gasteiger partial charge on any atom is 0.125 e. The second-order valence-corrected chi connectivity index (χ2v) is 7.10. The predicted molar refractivity (Wildman–Crippen MR) is 76.6 cm³/mol. The van der Waals surface area contributed by atoms with Crippen molar-refractivity contribution >= 4 is 27.3 Å². The highest BCUT2D eigenvalue weighted by molar-refractivity contribution is 9.11. The molecule has 5 heteroatoms. The van der Waals surface area contributed by atoms with Crippen LogP contribution in [0.15, 0.2) is 22.1 Å². The van der Waals surface area contributed by atoms with Gasteiger partial charge in [-0.15, -0.1) is 11.3 Å². The van der Waals surface area contributed by atoms with Gasteiger partial charge in [0.05, 0.1) is 9.48 Å². The number of hydrogen-bond donors (Lipinski definition) is 0. The largest absolute Gasteiger partial charge is 0.292 e. The summed E-state index contributed by atoms with van der Waals surface area (Å²) in [5.41, 5.74) is 2.51. The smallest absolute Gasteiger partial charge is 0.125 e. The summed E-state index contributed by atoms with van der Waals surface area (Å²) in [6, 6.07) is 4.31. The monoisotopic (exact) mass is 323 g/mol. The van der Waals surface area contributed by atoms with Crippen molar-refractivity contribution in [3.05, 3.63) is 44.1 Å². The minimum Gasteiger partial charge on any atom is -0.292 e. The molecule has 18 heavy (non-hydrogen) atoms. The van der Waals surface area contributed by atoms with E-state index in [4.69, 9.17) is 0 Å². The summed E-state index contributed by atoms with van der Waals surface area (Å²) in [6.07, 6.45) is 3.04. The Morgan fingerprint density at radius 1 is 1.44 bits per heavy atom. The molecule has 0 bridgehead atoms. The van der Waals surface area contributed by atoms with Gasteiger partial charge < -0.3 is 0 Å². The SMILES string of the molecule is Cc1ncc2c(n1)CN(Cc1ccc(Br)s1)CC2. The lowest BCUT2D eigenvalue weighted by Gasteiger charge is -2.27. The van der Waals surface area contributed by atoms with E-state index in [-0.39, 0.29) is 0 Å². The summed E-state index contributed by atoms with van der Waals surface area (Å²) in [5, 5.41) is 0. The van der Waals surface area contributed by atoms with Gasteiger partial charge in [0, 0.05) is 30.7 Å². The van der Waals surface area contributed by atoms with Gasteiger partial charge in [0.2, 0.25) is 0 Å². The second kappa shape index (κ2) is 5.07. The van der Waals surface area contributed by atoms with Crippen molar-refractivity contribution in [2.24, 2.45) is 0 Å². The first kappa shape index (κ1) is 12.3. The topological polar surface area (TPSA) is 29.0 Å². The molecule has 0 unspecified atom stereocenters. The number of fused-ring (bicyclic) bond motifs is 1.